The van der Waals surface area contributed by atoms with Crippen LogP contribution < -0.4 is 5.32 Å². The number of hydrogen-bond acceptors (Lipinski definition) is 3. The SMILES string of the molecule is C=C(C)CCCCN(C)C(=C)c1c(NC)ncn1C. The number of hydrogen-bond donors (Lipinski definition) is 1. The van der Waals surface area contributed by atoms with Gasteiger partial charge in [-0.05, 0) is 26.2 Å². The predicted octanol–water partition coefficient (Wildman–Crippen LogP) is 3.11. The molecule has 1 N–H and O–H groups in total. The fourth-order valence-corrected chi connectivity index (χ4v) is 2.04. The minimum atomic E-state index is 0.876. The highest BCUT2D eigenvalue weighted by atomic mass is 15.2. The molecule has 0 aromatic carbocycles. The number of allylic oxidation sites excluding steroid dienone is 1. The summed E-state index contributed by atoms with van der Waals surface area (Å²) in [5, 5.41) is 3.10. The summed E-state index contributed by atoms with van der Waals surface area (Å²) in [7, 11) is 5.95. The highest BCUT2D eigenvalue weighted by Gasteiger charge is 2.14. The Balaban J connectivity index is 2.56. The molecule has 4 nitrogen and oxygen atoms in total. The molecule has 0 atom stereocenters. The number of nitrogens with zero attached hydrogens (tertiary/aromatic N) is 3. The smallest absolute Gasteiger partial charge is 0.153 e. The molecular weight excluding hydrogens is 236 g/mol. The van der Waals surface area contributed by atoms with Crippen LogP contribution in [-0.2, 0) is 7.05 Å². The first-order chi connectivity index (χ1) is 8.97. The number of nitrogens with one attached hydrogen (secondary N) is 1. The van der Waals surface area contributed by atoms with Crippen molar-refractivity contribution in [2.45, 2.75) is 26.2 Å². The first-order valence-electron chi connectivity index (χ1n) is 6.71. The minimum Gasteiger partial charge on any atom is -0.373 e. The Kier molecular flexibility index (Phi) is 5.67. The van der Waals surface area contributed by atoms with Gasteiger partial charge in [-0.25, -0.2) is 4.98 Å². The zero-order valence-electron chi connectivity index (χ0n) is 12.7. The summed E-state index contributed by atoms with van der Waals surface area (Å²) in [6, 6.07) is 0. The molecular formula is C15H26N4. The van der Waals surface area contributed by atoms with Crippen LogP contribution >= 0.6 is 0 Å². The summed E-state index contributed by atoms with van der Waals surface area (Å²) in [5.41, 5.74) is 3.30. The van der Waals surface area contributed by atoms with E-state index >= 15 is 0 Å². The lowest BCUT2D eigenvalue weighted by Crippen LogP contribution is -2.19. The molecule has 1 heterocycles. The van der Waals surface area contributed by atoms with E-state index in [1.807, 2.05) is 18.7 Å². The summed E-state index contributed by atoms with van der Waals surface area (Å²) in [4.78, 5) is 6.50. The molecule has 0 aliphatic heterocycles. The molecule has 0 spiro atoms. The molecule has 106 valence electrons. The van der Waals surface area contributed by atoms with Crippen LogP contribution in [0.3, 0.4) is 0 Å². The highest BCUT2D eigenvalue weighted by molar-refractivity contribution is 5.68. The lowest BCUT2D eigenvalue weighted by atomic mass is 10.1. The van der Waals surface area contributed by atoms with Gasteiger partial charge < -0.3 is 14.8 Å². The van der Waals surface area contributed by atoms with E-state index in [2.05, 4.69) is 42.3 Å². The van der Waals surface area contributed by atoms with Crippen LogP contribution in [0, 0.1) is 0 Å². The van der Waals surface area contributed by atoms with Crippen molar-refractivity contribution in [3.8, 4) is 0 Å². The van der Waals surface area contributed by atoms with E-state index in [0.29, 0.717) is 0 Å². The predicted molar refractivity (Wildman–Crippen MR) is 83.1 cm³/mol. The topological polar surface area (TPSA) is 33.1 Å². The number of aryl methyl sites for hydroxylation is 1. The Morgan fingerprint density at radius 3 is 2.68 bits per heavy atom. The van der Waals surface area contributed by atoms with Gasteiger partial charge in [0.25, 0.3) is 0 Å². The van der Waals surface area contributed by atoms with Gasteiger partial charge in [0.05, 0.1) is 12.0 Å². The molecule has 0 unspecified atom stereocenters. The van der Waals surface area contributed by atoms with Crippen LogP contribution in [0.1, 0.15) is 31.9 Å². The van der Waals surface area contributed by atoms with E-state index in [1.54, 1.807) is 6.33 Å². The summed E-state index contributed by atoms with van der Waals surface area (Å²) >= 11 is 0. The summed E-state index contributed by atoms with van der Waals surface area (Å²) < 4.78 is 2.00. The molecule has 0 fully saturated rings. The first-order valence-corrected chi connectivity index (χ1v) is 6.71. The van der Waals surface area contributed by atoms with Crippen molar-refractivity contribution in [2.24, 2.45) is 7.05 Å². The molecule has 0 amide bonds. The molecule has 0 radical (unpaired) electrons. The van der Waals surface area contributed by atoms with E-state index in [-0.39, 0.29) is 0 Å². The Labute approximate surface area is 116 Å². The van der Waals surface area contributed by atoms with Crippen LogP contribution in [0.4, 0.5) is 5.82 Å². The third-order valence-electron chi connectivity index (χ3n) is 3.26. The van der Waals surface area contributed by atoms with E-state index in [9.17, 15) is 0 Å². The third kappa shape index (κ3) is 4.16. The lowest BCUT2D eigenvalue weighted by Gasteiger charge is -2.22. The number of imidazole rings is 1. The molecule has 0 saturated heterocycles. The Bertz CT molecular complexity index is 445. The fourth-order valence-electron chi connectivity index (χ4n) is 2.04. The lowest BCUT2D eigenvalue weighted by molar-refractivity contribution is 0.455. The molecule has 0 aliphatic carbocycles. The van der Waals surface area contributed by atoms with E-state index in [4.69, 9.17) is 0 Å². The van der Waals surface area contributed by atoms with Gasteiger partial charge in [-0.15, -0.1) is 6.58 Å². The van der Waals surface area contributed by atoms with E-state index < -0.39 is 0 Å². The van der Waals surface area contributed by atoms with Gasteiger partial charge in [-0.3, -0.25) is 0 Å². The molecule has 19 heavy (non-hydrogen) atoms. The Hall–Kier alpha value is -1.71. The van der Waals surface area contributed by atoms with Crippen LogP contribution in [0.5, 0.6) is 0 Å². The normalized spacial score (nSPS) is 10.3. The second-order valence-corrected chi connectivity index (χ2v) is 5.09. The maximum Gasteiger partial charge on any atom is 0.153 e. The second kappa shape index (κ2) is 7.02. The van der Waals surface area contributed by atoms with Gasteiger partial charge in [0, 0.05) is 27.7 Å². The van der Waals surface area contributed by atoms with Crippen molar-refractivity contribution >= 4 is 11.5 Å². The van der Waals surface area contributed by atoms with Crippen molar-refractivity contribution in [2.75, 3.05) is 26.0 Å². The Morgan fingerprint density at radius 2 is 2.11 bits per heavy atom. The number of anilines is 1. The van der Waals surface area contributed by atoms with Crippen molar-refractivity contribution in [1.29, 1.82) is 0 Å². The molecule has 4 heteroatoms. The maximum absolute atomic E-state index is 4.31. The van der Waals surface area contributed by atoms with E-state index in [0.717, 1.165) is 36.6 Å². The maximum atomic E-state index is 4.31. The van der Waals surface area contributed by atoms with Crippen molar-refractivity contribution < 1.29 is 0 Å². The molecule has 1 rings (SSSR count). The second-order valence-electron chi connectivity index (χ2n) is 5.09. The van der Waals surface area contributed by atoms with Gasteiger partial charge in [0.2, 0.25) is 0 Å². The van der Waals surface area contributed by atoms with Crippen LogP contribution in [-0.4, -0.2) is 35.1 Å². The molecule has 0 aliphatic rings. The zero-order chi connectivity index (χ0) is 14.4. The molecule has 1 aromatic rings. The summed E-state index contributed by atoms with van der Waals surface area (Å²) in [6.45, 7) is 11.2. The average Bonchev–Trinajstić information content (AvgIpc) is 2.74. The van der Waals surface area contributed by atoms with Crippen LogP contribution in [0.25, 0.3) is 5.70 Å². The largest absolute Gasteiger partial charge is 0.373 e. The summed E-state index contributed by atoms with van der Waals surface area (Å²) in [5.74, 6) is 0.876. The number of rotatable bonds is 8. The molecule has 0 bridgehead atoms. The van der Waals surface area contributed by atoms with Gasteiger partial charge in [0.1, 0.15) is 5.69 Å². The minimum absolute atomic E-state index is 0.876. The first kappa shape index (κ1) is 15.3. The number of unbranched alkanes of at least 4 members (excludes halogenated alkanes) is 1. The van der Waals surface area contributed by atoms with Crippen molar-refractivity contribution in [1.82, 2.24) is 14.5 Å². The van der Waals surface area contributed by atoms with E-state index in [1.165, 1.54) is 12.0 Å². The molecule has 0 saturated carbocycles. The molecule has 1 aromatic heterocycles. The highest BCUT2D eigenvalue weighted by Crippen LogP contribution is 2.23. The third-order valence-corrected chi connectivity index (χ3v) is 3.26. The van der Waals surface area contributed by atoms with Crippen LogP contribution in [0.2, 0.25) is 0 Å². The summed E-state index contributed by atoms with van der Waals surface area (Å²) in [6.07, 6.45) is 5.24. The fraction of sp³-hybridized carbons (Fsp3) is 0.533. The van der Waals surface area contributed by atoms with Crippen molar-refractivity contribution in [3.63, 3.8) is 0 Å². The van der Waals surface area contributed by atoms with Gasteiger partial charge in [0.15, 0.2) is 5.82 Å². The quantitative estimate of drug-likeness (QED) is 0.577. The zero-order valence-corrected chi connectivity index (χ0v) is 12.7. The average molecular weight is 262 g/mol. The van der Waals surface area contributed by atoms with Gasteiger partial charge in [-0.2, -0.15) is 0 Å². The van der Waals surface area contributed by atoms with Gasteiger partial charge >= 0.3 is 0 Å². The number of aromatic nitrogens is 2. The van der Waals surface area contributed by atoms with Crippen LogP contribution in [0.15, 0.2) is 25.1 Å². The van der Waals surface area contributed by atoms with Gasteiger partial charge in [-0.1, -0.05) is 12.2 Å². The standard InChI is InChI=1S/C15H26N4/c1-12(2)9-7-8-10-18(5)13(3)14-15(16-4)17-11-19(14)6/h11,16H,1,3,7-10H2,2,4-6H3. The Morgan fingerprint density at radius 1 is 1.42 bits per heavy atom. The monoisotopic (exact) mass is 262 g/mol. The van der Waals surface area contributed by atoms with Crippen molar-refractivity contribution in [3.05, 3.63) is 30.8 Å².